The van der Waals surface area contributed by atoms with Gasteiger partial charge >= 0.3 is 5.97 Å². The predicted molar refractivity (Wildman–Crippen MR) is 106 cm³/mol. The Bertz CT molecular complexity index is 995. The van der Waals surface area contributed by atoms with Gasteiger partial charge in [0.2, 0.25) is 0 Å². The van der Waals surface area contributed by atoms with Crippen LogP contribution in [0, 0.1) is 6.92 Å². The average Bonchev–Trinajstić information content (AvgIpc) is 2.89. The number of aromatic nitrogens is 1. The number of benzene rings is 2. The SMILES string of the molecule is Cc1[nH]c2cccc(C(=O)OC(C)(C)C)c2c1C(=O)c1ccc(Br)cc1. The molecule has 26 heavy (non-hydrogen) atoms. The molecule has 0 spiro atoms. The number of hydrogen-bond acceptors (Lipinski definition) is 3. The largest absolute Gasteiger partial charge is 0.456 e. The molecule has 3 rings (SSSR count). The molecule has 0 unspecified atom stereocenters. The van der Waals surface area contributed by atoms with Crippen molar-refractivity contribution in [1.29, 1.82) is 0 Å². The number of aryl methyl sites for hydroxylation is 1. The Labute approximate surface area is 160 Å². The smallest absolute Gasteiger partial charge is 0.339 e. The molecule has 0 aliphatic heterocycles. The molecule has 2 aromatic carbocycles. The van der Waals surface area contributed by atoms with Gasteiger partial charge in [-0.2, -0.15) is 0 Å². The minimum Gasteiger partial charge on any atom is -0.456 e. The summed E-state index contributed by atoms with van der Waals surface area (Å²) in [5, 5.41) is 0.604. The topological polar surface area (TPSA) is 59.2 Å². The minimum atomic E-state index is -0.611. The van der Waals surface area contributed by atoms with E-state index in [1.165, 1.54) is 0 Å². The van der Waals surface area contributed by atoms with Gasteiger partial charge in [-0.05, 0) is 64.1 Å². The molecule has 4 nitrogen and oxygen atoms in total. The van der Waals surface area contributed by atoms with Crippen LogP contribution in [0.15, 0.2) is 46.9 Å². The molecule has 0 bridgehead atoms. The van der Waals surface area contributed by atoms with Crippen molar-refractivity contribution in [2.24, 2.45) is 0 Å². The van der Waals surface area contributed by atoms with Crippen LogP contribution in [0.1, 0.15) is 52.7 Å². The first kappa shape index (κ1) is 18.4. The van der Waals surface area contributed by atoms with E-state index in [4.69, 9.17) is 4.74 Å². The van der Waals surface area contributed by atoms with Crippen molar-refractivity contribution in [3.63, 3.8) is 0 Å². The highest BCUT2D eigenvalue weighted by atomic mass is 79.9. The second-order valence-corrected chi connectivity index (χ2v) is 8.11. The van der Waals surface area contributed by atoms with E-state index in [-0.39, 0.29) is 5.78 Å². The monoisotopic (exact) mass is 413 g/mol. The maximum atomic E-state index is 13.1. The molecule has 1 heterocycles. The normalized spacial score (nSPS) is 11.6. The number of aromatic amines is 1. The van der Waals surface area contributed by atoms with Gasteiger partial charge in [-0.25, -0.2) is 4.79 Å². The number of esters is 1. The summed E-state index contributed by atoms with van der Waals surface area (Å²) in [5.41, 5.74) is 2.32. The average molecular weight is 414 g/mol. The van der Waals surface area contributed by atoms with Crippen molar-refractivity contribution in [3.05, 3.63) is 69.3 Å². The fourth-order valence-corrected chi connectivity index (χ4v) is 3.17. The number of rotatable bonds is 3. The van der Waals surface area contributed by atoms with Crippen molar-refractivity contribution in [2.45, 2.75) is 33.3 Å². The van der Waals surface area contributed by atoms with Gasteiger partial charge in [0, 0.05) is 26.6 Å². The van der Waals surface area contributed by atoms with E-state index >= 15 is 0 Å². The van der Waals surface area contributed by atoms with Gasteiger partial charge in [-0.15, -0.1) is 0 Å². The van der Waals surface area contributed by atoms with Gasteiger partial charge in [0.25, 0.3) is 0 Å². The van der Waals surface area contributed by atoms with Gasteiger partial charge in [0.1, 0.15) is 5.60 Å². The quantitative estimate of drug-likeness (QED) is 0.460. The highest BCUT2D eigenvalue weighted by Gasteiger charge is 2.25. The number of nitrogens with one attached hydrogen (secondary N) is 1. The van der Waals surface area contributed by atoms with E-state index in [0.29, 0.717) is 22.1 Å². The minimum absolute atomic E-state index is 0.128. The lowest BCUT2D eigenvalue weighted by Gasteiger charge is -2.20. The Morgan fingerprint density at radius 2 is 1.69 bits per heavy atom. The number of carbonyl (C=O) groups excluding carboxylic acids is 2. The zero-order valence-electron chi connectivity index (χ0n) is 15.1. The number of H-pyrrole nitrogens is 1. The second kappa shape index (κ2) is 6.72. The van der Waals surface area contributed by atoms with Crippen LogP contribution in [0.25, 0.3) is 10.9 Å². The van der Waals surface area contributed by atoms with Gasteiger partial charge in [0.05, 0.1) is 11.1 Å². The van der Waals surface area contributed by atoms with Crippen LogP contribution in [-0.4, -0.2) is 22.3 Å². The first-order chi connectivity index (χ1) is 12.2. The first-order valence-corrected chi connectivity index (χ1v) is 9.11. The molecular formula is C21H20BrNO3. The standard InChI is InChI=1S/C21H20BrNO3/c1-12-17(19(24)13-8-10-14(22)11-9-13)18-15(6-5-7-16(18)23-12)20(25)26-21(2,3)4/h5-11,23H,1-4H3. The third kappa shape index (κ3) is 3.58. The molecular weight excluding hydrogens is 394 g/mol. The Balaban J connectivity index is 2.17. The number of fused-ring (bicyclic) bond motifs is 1. The molecule has 0 saturated carbocycles. The Hall–Kier alpha value is -2.40. The summed E-state index contributed by atoms with van der Waals surface area (Å²) in [6, 6.07) is 12.5. The summed E-state index contributed by atoms with van der Waals surface area (Å²) in [5.74, 6) is -0.566. The maximum absolute atomic E-state index is 13.1. The lowest BCUT2D eigenvalue weighted by molar-refractivity contribution is 0.00718. The van der Waals surface area contributed by atoms with Crippen LogP contribution in [0.4, 0.5) is 0 Å². The van der Waals surface area contributed by atoms with Crippen LogP contribution < -0.4 is 0 Å². The highest BCUT2D eigenvalue weighted by molar-refractivity contribution is 9.10. The van der Waals surface area contributed by atoms with Gasteiger partial charge in [-0.3, -0.25) is 4.79 Å². The lowest BCUT2D eigenvalue weighted by Crippen LogP contribution is -2.24. The van der Waals surface area contributed by atoms with Crippen LogP contribution in [0.2, 0.25) is 0 Å². The van der Waals surface area contributed by atoms with Gasteiger partial charge < -0.3 is 9.72 Å². The van der Waals surface area contributed by atoms with E-state index in [1.54, 1.807) is 24.3 Å². The van der Waals surface area contributed by atoms with E-state index in [1.807, 2.05) is 45.9 Å². The molecule has 5 heteroatoms. The van der Waals surface area contributed by atoms with Crippen LogP contribution in [0.3, 0.4) is 0 Å². The van der Waals surface area contributed by atoms with Crippen molar-refractivity contribution >= 4 is 38.6 Å². The summed E-state index contributed by atoms with van der Waals surface area (Å²) < 4.78 is 6.43. The Kier molecular flexibility index (Phi) is 4.76. The van der Waals surface area contributed by atoms with Crippen LogP contribution in [0.5, 0.6) is 0 Å². The number of ketones is 1. The van der Waals surface area contributed by atoms with Crippen molar-refractivity contribution in [3.8, 4) is 0 Å². The van der Waals surface area contributed by atoms with E-state index in [2.05, 4.69) is 20.9 Å². The molecule has 0 atom stereocenters. The molecule has 0 amide bonds. The molecule has 0 aliphatic rings. The molecule has 134 valence electrons. The van der Waals surface area contributed by atoms with Crippen molar-refractivity contribution < 1.29 is 14.3 Å². The Morgan fingerprint density at radius 3 is 2.31 bits per heavy atom. The summed E-state index contributed by atoms with van der Waals surface area (Å²) in [6.07, 6.45) is 0. The third-order valence-electron chi connectivity index (χ3n) is 3.96. The van der Waals surface area contributed by atoms with E-state index < -0.39 is 11.6 Å². The molecule has 1 N–H and O–H groups in total. The second-order valence-electron chi connectivity index (χ2n) is 7.19. The molecule has 0 saturated heterocycles. The van der Waals surface area contributed by atoms with E-state index in [0.717, 1.165) is 15.7 Å². The zero-order chi connectivity index (χ0) is 19.1. The number of halogens is 1. The molecule has 0 radical (unpaired) electrons. The van der Waals surface area contributed by atoms with Crippen LogP contribution >= 0.6 is 15.9 Å². The van der Waals surface area contributed by atoms with E-state index in [9.17, 15) is 9.59 Å². The lowest BCUT2D eigenvalue weighted by atomic mass is 9.97. The number of carbonyl (C=O) groups is 2. The molecule has 0 fully saturated rings. The summed E-state index contributed by atoms with van der Waals surface area (Å²) in [4.78, 5) is 29.0. The third-order valence-corrected chi connectivity index (χ3v) is 4.49. The predicted octanol–water partition coefficient (Wildman–Crippen LogP) is 5.43. The van der Waals surface area contributed by atoms with Crippen LogP contribution in [-0.2, 0) is 4.74 Å². The number of ether oxygens (including phenoxy) is 1. The van der Waals surface area contributed by atoms with Gasteiger partial charge in [0.15, 0.2) is 5.78 Å². The first-order valence-electron chi connectivity index (χ1n) is 8.32. The highest BCUT2D eigenvalue weighted by Crippen LogP contribution is 2.29. The summed E-state index contributed by atoms with van der Waals surface area (Å²) in [6.45, 7) is 7.30. The summed E-state index contributed by atoms with van der Waals surface area (Å²) in [7, 11) is 0. The zero-order valence-corrected chi connectivity index (χ0v) is 16.7. The Morgan fingerprint density at radius 1 is 1.04 bits per heavy atom. The fourth-order valence-electron chi connectivity index (χ4n) is 2.91. The number of hydrogen-bond donors (Lipinski definition) is 1. The van der Waals surface area contributed by atoms with Crippen molar-refractivity contribution in [2.75, 3.05) is 0 Å². The van der Waals surface area contributed by atoms with Crippen molar-refractivity contribution in [1.82, 2.24) is 4.98 Å². The molecule has 3 aromatic rings. The molecule has 0 aliphatic carbocycles. The van der Waals surface area contributed by atoms with Gasteiger partial charge in [-0.1, -0.05) is 22.0 Å². The summed E-state index contributed by atoms with van der Waals surface area (Å²) >= 11 is 3.38. The fraction of sp³-hybridized carbons (Fsp3) is 0.238. The maximum Gasteiger partial charge on any atom is 0.339 e. The molecule has 1 aromatic heterocycles.